The first-order valence-electron chi connectivity index (χ1n) is 8.21. The van der Waals surface area contributed by atoms with Crippen LogP contribution in [0.3, 0.4) is 0 Å². The molecule has 0 bridgehead atoms. The molecule has 0 unspecified atom stereocenters. The number of benzene rings is 2. The third-order valence-electron chi connectivity index (χ3n) is 3.85. The largest absolute Gasteiger partial charge is 0.467 e. The average molecular weight is 393 g/mol. The van der Waals surface area contributed by atoms with E-state index >= 15 is 0 Å². The van der Waals surface area contributed by atoms with Crippen LogP contribution in [-0.4, -0.2) is 39.2 Å². The fourth-order valence-electron chi connectivity index (χ4n) is 2.49. The van der Waals surface area contributed by atoms with Gasteiger partial charge in [-0.15, -0.1) is 0 Å². The van der Waals surface area contributed by atoms with Crippen LogP contribution < -0.4 is 5.32 Å². The summed E-state index contributed by atoms with van der Waals surface area (Å²) in [7, 11) is -2.45. The van der Waals surface area contributed by atoms with Crippen LogP contribution in [-0.2, 0) is 30.6 Å². The van der Waals surface area contributed by atoms with Gasteiger partial charge in [0.15, 0.2) is 9.84 Å². The number of esters is 1. The Morgan fingerprint density at radius 3 is 2.44 bits per heavy atom. The maximum absolute atomic E-state index is 13.2. The Bertz CT molecular complexity index is 899. The van der Waals surface area contributed by atoms with Crippen LogP contribution in [0.2, 0.25) is 0 Å². The van der Waals surface area contributed by atoms with Crippen molar-refractivity contribution in [3.8, 4) is 0 Å². The van der Waals surface area contributed by atoms with Gasteiger partial charge in [-0.3, -0.25) is 4.79 Å². The van der Waals surface area contributed by atoms with Crippen molar-refractivity contribution in [3.63, 3.8) is 0 Å². The highest BCUT2D eigenvalue weighted by Crippen LogP contribution is 2.13. The van der Waals surface area contributed by atoms with E-state index in [1.165, 1.54) is 30.3 Å². The number of hydrogen-bond donors (Lipinski definition) is 1. The molecule has 1 atom stereocenters. The summed E-state index contributed by atoms with van der Waals surface area (Å²) in [6, 6.07) is 12.2. The lowest BCUT2D eigenvalue weighted by molar-refractivity contribution is -0.145. The average Bonchev–Trinajstić information content (AvgIpc) is 2.65. The van der Waals surface area contributed by atoms with Crippen LogP contribution in [0.4, 0.5) is 4.39 Å². The molecule has 8 heteroatoms. The molecule has 0 radical (unpaired) electrons. The molecule has 2 aromatic rings. The van der Waals surface area contributed by atoms with E-state index in [4.69, 9.17) is 0 Å². The molecule has 0 spiro atoms. The summed E-state index contributed by atoms with van der Waals surface area (Å²) >= 11 is 0. The molecule has 0 fully saturated rings. The van der Waals surface area contributed by atoms with Gasteiger partial charge in [0.2, 0.25) is 5.91 Å². The second-order valence-corrected chi connectivity index (χ2v) is 7.98. The number of hydrogen-bond acceptors (Lipinski definition) is 5. The van der Waals surface area contributed by atoms with Crippen LogP contribution in [0, 0.1) is 5.82 Å². The number of halogens is 1. The van der Waals surface area contributed by atoms with Crippen LogP contribution in [0.1, 0.15) is 12.0 Å². The highest BCUT2D eigenvalue weighted by atomic mass is 32.2. The van der Waals surface area contributed by atoms with Gasteiger partial charge in [-0.05, 0) is 36.2 Å². The van der Waals surface area contributed by atoms with Crippen molar-refractivity contribution in [1.29, 1.82) is 0 Å². The van der Waals surface area contributed by atoms with Crippen LogP contribution >= 0.6 is 0 Å². The Labute approximate surface area is 157 Å². The van der Waals surface area contributed by atoms with Gasteiger partial charge in [-0.25, -0.2) is 17.6 Å². The van der Waals surface area contributed by atoms with Gasteiger partial charge < -0.3 is 10.1 Å². The van der Waals surface area contributed by atoms with Gasteiger partial charge in [0.25, 0.3) is 0 Å². The summed E-state index contributed by atoms with van der Waals surface area (Å²) in [6.45, 7) is 0. The number of sulfone groups is 1. The van der Waals surface area contributed by atoms with Crippen molar-refractivity contribution >= 4 is 21.7 Å². The molecule has 0 saturated heterocycles. The molecular weight excluding hydrogens is 373 g/mol. The predicted molar refractivity (Wildman–Crippen MR) is 97.2 cm³/mol. The quantitative estimate of drug-likeness (QED) is 0.692. The Morgan fingerprint density at radius 2 is 1.81 bits per heavy atom. The SMILES string of the molecule is COC(=O)[C@H](CCS(=O)(=O)c1ccccc1)NC(=O)Cc1cccc(F)c1. The lowest BCUT2D eigenvalue weighted by Gasteiger charge is -2.16. The molecule has 27 heavy (non-hydrogen) atoms. The maximum atomic E-state index is 13.2. The van der Waals surface area contributed by atoms with Crippen molar-refractivity contribution in [3.05, 3.63) is 66.0 Å². The second-order valence-electron chi connectivity index (χ2n) is 5.87. The third-order valence-corrected chi connectivity index (χ3v) is 5.62. The van der Waals surface area contributed by atoms with Gasteiger partial charge in [-0.1, -0.05) is 30.3 Å². The standard InChI is InChI=1S/C19H20FNO5S/c1-26-19(23)17(10-11-27(24,25)16-8-3-2-4-9-16)21-18(22)13-14-6-5-7-15(20)12-14/h2-9,12,17H,10-11,13H2,1H3,(H,21,22)/t17-/m0/s1. The summed E-state index contributed by atoms with van der Waals surface area (Å²) in [5, 5.41) is 2.46. The van der Waals surface area contributed by atoms with Crippen molar-refractivity contribution < 1.29 is 27.1 Å². The molecule has 6 nitrogen and oxygen atoms in total. The number of carbonyl (C=O) groups is 2. The van der Waals surface area contributed by atoms with E-state index in [9.17, 15) is 22.4 Å². The molecule has 2 rings (SSSR count). The third kappa shape index (κ3) is 6.18. The second kappa shape index (κ2) is 9.27. The number of amides is 1. The molecule has 144 valence electrons. The fraction of sp³-hybridized carbons (Fsp3) is 0.263. The van der Waals surface area contributed by atoms with E-state index in [0.717, 1.165) is 7.11 Å². The van der Waals surface area contributed by atoms with Crippen molar-refractivity contribution in [2.75, 3.05) is 12.9 Å². The van der Waals surface area contributed by atoms with Crippen LogP contribution in [0.15, 0.2) is 59.5 Å². The lowest BCUT2D eigenvalue weighted by atomic mass is 10.1. The van der Waals surface area contributed by atoms with Crippen molar-refractivity contribution in [2.24, 2.45) is 0 Å². The lowest BCUT2D eigenvalue weighted by Crippen LogP contribution is -2.43. The Hall–Kier alpha value is -2.74. The summed E-state index contributed by atoms with van der Waals surface area (Å²) in [6.07, 6.45) is -0.282. The number of rotatable bonds is 8. The first-order chi connectivity index (χ1) is 12.8. The zero-order valence-corrected chi connectivity index (χ0v) is 15.5. The number of methoxy groups -OCH3 is 1. The maximum Gasteiger partial charge on any atom is 0.328 e. The fourth-order valence-corrected chi connectivity index (χ4v) is 3.84. The van der Waals surface area contributed by atoms with E-state index in [0.29, 0.717) is 5.56 Å². The van der Waals surface area contributed by atoms with Crippen molar-refractivity contribution in [1.82, 2.24) is 5.32 Å². The summed E-state index contributed by atoms with van der Waals surface area (Å²) in [5.74, 6) is -2.09. The predicted octanol–water partition coefficient (Wildman–Crippen LogP) is 1.89. The zero-order chi connectivity index (χ0) is 19.9. The van der Waals surface area contributed by atoms with E-state index < -0.39 is 33.6 Å². The molecule has 0 heterocycles. The first kappa shape index (κ1) is 20.6. The highest BCUT2D eigenvalue weighted by molar-refractivity contribution is 7.91. The summed E-state index contributed by atoms with van der Waals surface area (Å²) < 4.78 is 42.6. The molecular formula is C19H20FNO5S. The van der Waals surface area contributed by atoms with E-state index in [2.05, 4.69) is 10.1 Å². The molecule has 0 aliphatic rings. The smallest absolute Gasteiger partial charge is 0.328 e. The molecule has 1 amide bonds. The molecule has 0 aliphatic carbocycles. The number of nitrogens with one attached hydrogen (secondary N) is 1. The minimum Gasteiger partial charge on any atom is -0.467 e. The van der Waals surface area contributed by atoms with Gasteiger partial charge in [-0.2, -0.15) is 0 Å². The topological polar surface area (TPSA) is 89.5 Å². The molecule has 0 saturated carbocycles. The zero-order valence-electron chi connectivity index (χ0n) is 14.7. The summed E-state index contributed by atoms with van der Waals surface area (Å²) in [4.78, 5) is 24.2. The van der Waals surface area contributed by atoms with Gasteiger partial charge in [0, 0.05) is 0 Å². The van der Waals surface area contributed by atoms with Crippen LogP contribution in [0.25, 0.3) is 0 Å². The summed E-state index contributed by atoms with van der Waals surface area (Å²) in [5.41, 5.74) is 0.438. The highest BCUT2D eigenvalue weighted by Gasteiger charge is 2.25. The monoisotopic (exact) mass is 393 g/mol. The minimum absolute atomic E-state index is 0.139. The van der Waals surface area contributed by atoms with Gasteiger partial charge in [0.1, 0.15) is 11.9 Å². The van der Waals surface area contributed by atoms with Gasteiger partial charge >= 0.3 is 5.97 Å². The van der Waals surface area contributed by atoms with E-state index in [-0.39, 0.29) is 23.5 Å². The van der Waals surface area contributed by atoms with E-state index in [1.807, 2.05) is 0 Å². The van der Waals surface area contributed by atoms with Crippen LogP contribution in [0.5, 0.6) is 0 Å². The number of carbonyl (C=O) groups excluding carboxylic acids is 2. The molecule has 0 aliphatic heterocycles. The normalized spacial score (nSPS) is 12.2. The first-order valence-corrected chi connectivity index (χ1v) is 9.86. The Balaban J connectivity index is 2.02. The number of ether oxygens (including phenoxy) is 1. The molecule has 2 aromatic carbocycles. The van der Waals surface area contributed by atoms with Crippen molar-refractivity contribution in [2.45, 2.75) is 23.8 Å². The Morgan fingerprint density at radius 1 is 1.11 bits per heavy atom. The molecule has 0 aromatic heterocycles. The van der Waals surface area contributed by atoms with E-state index in [1.54, 1.807) is 24.3 Å². The Kier molecular flexibility index (Phi) is 7.06. The molecule has 1 N–H and O–H groups in total. The minimum atomic E-state index is -3.61. The van der Waals surface area contributed by atoms with Gasteiger partial charge in [0.05, 0.1) is 24.2 Å².